The van der Waals surface area contributed by atoms with E-state index in [1.165, 1.54) is 12.8 Å². The van der Waals surface area contributed by atoms with Crippen LogP contribution in [0.15, 0.2) is 0 Å². The number of carbonyl (C=O) groups is 2. The van der Waals surface area contributed by atoms with Gasteiger partial charge in [0.2, 0.25) is 0 Å². The lowest BCUT2D eigenvalue weighted by atomic mass is 10.1. The van der Waals surface area contributed by atoms with Crippen LogP contribution in [0, 0.1) is 5.92 Å². The molecule has 0 radical (unpaired) electrons. The molecular formula is C12H23N3O3. The van der Waals surface area contributed by atoms with E-state index in [4.69, 9.17) is 5.11 Å². The number of nitrogens with one attached hydrogen (secondary N) is 2. The van der Waals surface area contributed by atoms with Gasteiger partial charge in [-0.2, -0.15) is 0 Å². The molecule has 0 spiro atoms. The van der Waals surface area contributed by atoms with E-state index in [2.05, 4.69) is 22.6 Å². The first-order valence-electron chi connectivity index (χ1n) is 6.49. The minimum absolute atomic E-state index is 0.177. The Hall–Kier alpha value is -1.30. The molecule has 3 N–H and O–H groups in total. The molecule has 0 saturated heterocycles. The largest absolute Gasteiger partial charge is 0.481 e. The highest BCUT2D eigenvalue weighted by atomic mass is 16.4. The minimum atomic E-state index is -0.869. The van der Waals surface area contributed by atoms with Gasteiger partial charge in [-0.15, -0.1) is 0 Å². The van der Waals surface area contributed by atoms with Crippen molar-refractivity contribution in [2.24, 2.45) is 5.92 Å². The molecule has 0 bridgehead atoms. The number of urea groups is 1. The molecule has 1 saturated carbocycles. The molecule has 6 nitrogen and oxygen atoms in total. The van der Waals surface area contributed by atoms with Crippen LogP contribution in [0.25, 0.3) is 0 Å². The van der Waals surface area contributed by atoms with Crippen LogP contribution in [0.2, 0.25) is 0 Å². The maximum Gasteiger partial charge on any atom is 0.314 e. The summed E-state index contributed by atoms with van der Waals surface area (Å²) in [4.78, 5) is 24.4. The Kier molecular flexibility index (Phi) is 5.91. The lowest BCUT2D eigenvalue weighted by molar-refractivity contribution is -0.141. The summed E-state index contributed by atoms with van der Waals surface area (Å²) in [7, 11) is 2.05. The van der Waals surface area contributed by atoms with Gasteiger partial charge in [0.05, 0.1) is 5.92 Å². The number of likely N-dealkylation sites (N-methyl/N-ethyl adjacent to an activating group) is 1. The van der Waals surface area contributed by atoms with E-state index in [0.717, 1.165) is 6.54 Å². The van der Waals surface area contributed by atoms with E-state index in [0.29, 0.717) is 19.0 Å². The highest BCUT2D eigenvalue weighted by molar-refractivity contribution is 5.75. The van der Waals surface area contributed by atoms with Gasteiger partial charge in [-0.25, -0.2) is 4.79 Å². The van der Waals surface area contributed by atoms with Crippen LogP contribution in [0.1, 0.15) is 26.2 Å². The predicted octanol–water partition coefficient (Wildman–Crippen LogP) is 0.491. The number of aliphatic carboxylic acids is 1. The lowest BCUT2D eigenvalue weighted by Gasteiger charge is -2.16. The third-order valence-corrected chi connectivity index (χ3v) is 3.27. The van der Waals surface area contributed by atoms with Crippen molar-refractivity contribution in [1.82, 2.24) is 15.5 Å². The van der Waals surface area contributed by atoms with E-state index in [9.17, 15) is 9.59 Å². The van der Waals surface area contributed by atoms with Gasteiger partial charge in [0.1, 0.15) is 0 Å². The van der Waals surface area contributed by atoms with Gasteiger partial charge < -0.3 is 20.6 Å². The SMILES string of the molecule is CCC(CNC(=O)NCCN(C)C1CC1)C(=O)O. The van der Waals surface area contributed by atoms with E-state index >= 15 is 0 Å². The zero-order valence-electron chi connectivity index (χ0n) is 11.1. The Morgan fingerprint density at radius 2 is 2.06 bits per heavy atom. The van der Waals surface area contributed by atoms with Crippen molar-refractivity contribution in [2.45, 2.75) is 32.2 Å². The Morgan fingerprint density at radius 3 is 2.56 bits per heavy atom. The highest BCUT2D eigenvalue weighted by Gasteiger charge is 2.25. The van der Waals surface area contributed by atoms with Crippen LogP contribution in [0.4, 0.5) is 4.79 Å². The van der Waals surface area contributed by atoms with Crippen molar-refractivity contribution in [3.05, 3.63) is 0 Å². The molecule has 104 valence electrons. The fraction of sp³-hybridized carbons (Fsp3) is 0.833. The molecule has 18 heavy (non-hydrogen) atoms. The maximum absolute atomic E-state index is 11.4. The Morgan fingerprint density at radius 1 is 1.39 bits per heavy atom. The molecule has 6 heteroatoms. The maximum atomic E-state index is 11.4. The van der Waals surface area contributed by atoms with E-state index in [1.54, 1.807) is 6.92 Å². The smallest absolute Gasteiger partial charge is 0.314 e. The Labute approximate surface area is 108 Å². The second-order valence-electron chi connectivity index (χ2n) is 4.79. The predicted molar refractivity (Wildman–Crippen MR) is 68.5 cm³/mol. The van der Waals surface area contributed by atoms with Crippen LogP contribution in [-0.2, 0) is 4.79 Å². The molecule has 0 heterocycles. The summed E-state index contributed by atoms with van der Waals surface area (Å²) in [6, 6.07) is 0.394. The lowest BCUT2D eigenvalue weighted by Crippen LogP contribution is -2.42. The van der Waals surface area contributed by atoms with Crippen molar-refractivity contribution in [3.8, 4) is 0 Å². The summed E-state index contributed by atoms with van der Waals surface area (Å²) in [6.45, 7) is 3.38. The topological polar surface area (TPSA) is 81.7 Å². The fourth-order valence-electron chi connectivity index (χ4n) is 1.73. The first-order valence-corrected chi connectivity index (χ1v) is 6.49. The number of hydrogen-bond donors (Lipinski definition) is 3. The number of amides is 2. The number of carboxylic acids is 1. The summed E-state index contributed by atoms with van der Waals surface area (Å²) in [5.74, 6) is -1.38. The van der Waals surface area contributed by atoms with Gasteiger partial charge in [-0.1, -0.05) is 6.92 Å². The fourth-order valence-corrected chi connectivity index (χ4v) is 1.73. The van der Waals surface area contributed by atoms with Crippen LogP contribution in [-0.4, -0.2) is 54.7 Å². The number of nitrogens with zero attached hydrogens (tertiary/aromatic N) is 1. The number of hydrogen-bond acceptors (Lipinski definition) is 3. The summed E-state index contributed by atoms with van der Waals surface area (Å²) in [6.07, 6.45) is 3.01. The van der Waals surface area contributed by atoms with Crippen LogP contribution in [0.3, 0.4) is 0 Å². The van der Waals surface area contributed by atoms with Crippen LogP contribution < -0.4 is 10.6 Å². The van der Waals surface area contributed by atoms with Crippen molar-refractivity contribution >= 4 is 12.0 Å². The molecule has 0 aliphatic heterocycles. The van der Waals surface area contributed by atoms with Gasteiger partial charge in [-0.3, -0.25) is 4.79 Å². The average Bonchev–Trinajstić information content (AvgIpc) is 3.13. The van der Waals surface area contributed by atoms with Gasteiger partial charge in [-0.05, 0) is 26.3 Å². The van der Waals surface area contributed by atoms with Crippen molar-refractivity contribution in [2.75, 3.05) is 26.7 Å². The standard InChI is InChI=1S/C12H23N3O3/c1-3-9(11(16)17)8-14-12(18)13-6-7-15(2)10-4-5-10/h9-10H,3-8H2,1-2H3,(H,16,17)(H2,13,14,18). The summed E-state index contributed by atoms with van der Waals surface area (Å²) < 4.78 is 0. The second kappa shape index (κ2) is 7.20. The van der Waals surface area contributed by atoms with Gasteiger partial charge in [0, 0.05) is 25.7 Å². The Bertz CT molecular complexity index is 292. The Balaban J connectivity index is 2.07. The highest BCUT2D eigenvalue weighted by Crippen LogP contribution is 2.24. The van der Waals surface area contributed by atoms with Crippen LogP contribution >= 0.6 is 0 Å². The first-order chi connectivity index (χ1) is 8.54. The second-order valence-corrected chi connectivity index (χ2v) is 4.79. The number of carboxylic acid groups (broad SMARTS) is 1. The first kappa shape index (κ1) is 14.8. The van der Waals surface area contributed by atoms with Crippen molar-refractivity contribution in [3.63, 3.8) is 0 Å². The summed E-state index contributed by atoms with van der Waals surface area (Å²) >= 11 is 0. The third kappa shape index (κ3) is 5.35. The van der Waals surface area contributed by atoms with Crippen molar-refractivity contribution < 1.29 is 14.7 Å². The molecular weight excluding hydrogens is 234 g/mol. The zero-order valence-corrected chi connectivity index (χ0v) is 11.1. The van der Waals surface area contributed by atoms with Crippen LogP contribution in [0.5, 0.6) is 0 Å². The zero-order chi connectivity index (χ0) is 13.5. The van der Waals surface area contributed by atoms with Gasteiger partial charge in [0.25, 0.3) is 0 Å². The molecule has 1 aliphatic rings. The monoisotopic (exact) mass is 257 g/mol. The molecule has 2 amide bonds. The molecule has 1 aliphatic carbocycles. The van der Waals surface area contributed by atoms with Crippen molar-refractivity contribution in [1.29, 1.82) is 0 Å². The number of rotatable bonds is 8. The third-order valence-electron chi connectivity index (χ3n) is 3.27. The van der Waals surface area contributed by atoms with Gasteiger partial charge >= 0.3 is 12.0 Å². The molecule has 1 fully saturated rings. The van der Waals surface area contributed by atoms with Gasteiger partial charge in [0.15, 0.2) is 0 Å². The van der Waals surface area contributed by atoms with E-state index in [-0.39, 0.29) is 12.6 Å². The molecule has 0 aromatic carbocycles. The average molecular weight is 257 g/mol. The summed E-state index contributed by atoms with van der Waals surface area (Å²) in [5.41, 5.74) is 0. The molecule has 0 aromatic rings. The van der Waals surface area contributed by atoms with E-state index in [1.807, 2.05) is 0 Å². The molecule has 1 unspecified atom stereocenters. The normalized spacial score (nSPS) is 16.4. The molecule has 1 rings (SSSR count). The quantitative estimate of drug-likeness (QED) is 0.591. The minimum Gasteiger partial charge on any atom is -0.481 e. The summed E-state index contributed by atoms with van der Waals surface area (Å²) in [5, 5.41) is 14.1. The number of carbonyl (C=O) groups excluding carboxylic acids is 1. The van der Waals surface area contributed by atoms with E-state index < -0.39 is 11.9 Å². The molecule has 1 atom stereocenters. The molecule has 0 aromatic heterocycles.